The summed E-state index contributed by atoms with van der Waals surface area (Å²) < 4.78 is 29.7. The Balaban J connectivity index is 1.38. The van der Waals surface area contributed by atoms with Gasteiger partial charge in [0.2, 0.25) is 0 Å². The first-order valence-electron chi connectivity index (χ1n) is 13.6. The average Bonchev–Trinajstić information content (AvgIpc) is 3.35. The Labute approximate surface area is 235 Å². The van der Waals surface area contributed by atoms with Crippen LogP contribution in [0.4, 0.5) is 0 Å². The van der Waals surface area contributed by atoms with Gasteiger partial charge in [0.25, 0.3) is 0 Å². The van der Waals surface area contributed by atoms with Crippen LogP contribution in [0, 0.1) is 17.3 Å². The summed E-state index contributed by atoms with van der Waals surface area (Å²) in [5.41, 5.74) is -0.00727. The van der Waals surface area contributed by atoms with Crippen molar-refractivity contribution in [2.45, 2.75) is 127 Å². The summed E-state index contributed by atoms with van der Waals surface area (Å²) in [6.45, 7) is 7.11. The maximum Gasteiger partial charge on any atom is 0.309 e. The normalized spacial score (nSPS) is 30.3. The molecule has 2 heterocycles. The third-order valence-electron chi connectivity index (χ3n) is 8.78. The summed E-state index contributed by atoms with van der Waals surface area (Å²) in [6, 6.07) is 0. The predicted octanol–water partition coefficient (Wildman–Crippen LogP) is 7.89. The number of halogens is 1. The van der Waals surface area contributed by atoms with Crippen molar-refractivity contribution in [3.05, 3.63) is 0 Å². The Kier molecular flexibility index (Phi) is 13.3. The smallest absolute Gasteiger partial charge is 0.309 e. The number of fused-ring (bicyclic) bond motifs is 1. The fourth-order valence-corrected chi connectivity index (χ4v) is 8.15. The van der Waals surface area contributed by atoms with Crippen molar-refractivity contribution in [2.75, 3.05) is 6.79 Å². The molecule has 0 aromatic carbocycles. The number of carbonyl (C=O) groups is 1. The minimum absolute atomic E-state index is 0.00727. The maximum atomic E-state index is 11.6. The van der Waals surface area contributed by atoms with E-state index < -0.39 is 13.3 Å². The highest BCUT2D eigenvalue weighted by molar-refractivity contribution is 9.09. The van der Waals surface area contributed by atoms with Crippen LogP contribution in [0.25, 0.3) is 0 Å². The Morgan fingerprint density at radius 2 is 1.86 bits per heavy atom. The SMILES string of the molecule is CCC(C)(C)C1(CCC2C(OP)CC3OC(C(Br)CCCCCCCC(=O)OP(P)P)CC32)OCO1. The highest BCUT2D eigenvalue weighted by atomic mass is 79.9. The van der Waals surface area contributed by atoms with Crippen molar-refractivity contribution in [1.29, 1.82) is 0 Å². The number of carbonyl (C=O) groups excluding carboxylic acids is 1. The molecule has 0 N–H and O–H groups in total. The highest BCUT2D eigenvalue weighted by Crippen LogP contribution is 2.54. The van der Waals surface area contributed by atoms with Gasteiger partial charge in [-0.15, -0.1) is 0 Å². The van der Waals surface area contributed by atoms with Crippen LogP contribution in [0.3, 0.4) is 0 Å². The van der Waals surface area contributed by atoms with E-state index >= 15 is 0 Å². The van der Waals surface area contributed by atoms with Crippen LogP contribution in [0.5, 0.6) is 0 Å². The average molecular weight is 647 g/mol. The number of hydrogen-bond donors (Lipinski definition) is 0. The van der Waals surface area contributed by atoms with Crippen molar-refractivity contribution < 1.29 is 28.1 Å². The van der Waals surface area contributed by atoms with Crippen LogP contribution >= 0.6 is 50.8 Å². The molecular weight excluding hydrogens is 600 g/mol. The van der Waals surface area contributed by atoms with E-state index in [9.17, 15) is 4.79 Å². The summed E-state index contributed by atoms with van der Waals surface area (Å²) in [5, 5.41) is 0. The summed E-state index contributed by atoms with van der Waals surface area (Å²) in [7, 11) is 6.78. The fraction of sp³-hybridized carbons (Fsp3) is 0.960. The first-order valence-corrected chi connectivity index (χ1v) is 19.4. The molecule has 2 aliphatic heterocycles. The molecular formula is C25H47BrO6P4. The first-order chi connectivity index (χ1) is 17.1. The molecule has 2 saturated heterocycles. The second-order valence-electron chi connectivity index (χ2n) is 11.3. The van der Waals surface area contributed by atoms with Gasteiger partial charge in [-0.2, -0.15) is 0 Å². The molecule has 3 rings (SSSR count). The Bertz CT molecular complexity index is 695. The van der Waals surface area contributed by atoms with Gasteiger partial charge in [-0.05, 0) is 43.9 Å². The molecule has 0 spiro atoms. The van der Waals surface area contributed by atoms with Crippen LogP contribution in [-0.4, -0.2) is 41.7 Å². The minimum atomic E-state index is -0.757. The van der Waals surface area contributed by atoms with Crippen molar-refractivity contribution in [1.82, 2.24) is 0 Å². The van der Waals surface area contributed by atoms with Crippen molar-refractivity contribution in [3.8, 4) is 0 Å². The molecule has 0 radical (unpaired) electrons. The zero-order valence-corrected chi connectivity index (χ0v) is 28.1. The molecule has 9 unspecified atom stereocenters. The lowest BCUT2D eigenvalue weighted by Crippen LogP contribution is -2.57. The molecule has 0 bridgehead atoms. The van der Waals surface area contributed by atoms with Crippen molar-refractivity contribution in [3.63, 3.8) is 0 Å². The number of hydrogen-bond acceptors (Lipinski definition) is 6. The van der Waals surface area contributed by atoms with E-state index in [0.717, 1.165) is 57.8 Å². The number of alkyl halides is 1. The van der Waals surface area contributed by atoms with Gasteiger partial charge in [-0.1, -0.05) is 80.2 Å². The molecule has 1 saturated carbocycles. The van der Waals surface area contributed by atoms with E-state index in [1.165, 1.54) is 12.8 Å². The van der Waals surface area contributed by atoms with Gasteiger partial charge >= 0.3 is 5.97 Å². The van der Waals surface area contributed by atoms with Crippen molar-refractivity contribution >= 4 is 56.7 Å². The van der Waals surface area contributed by atoms with Gasteiger partial charge in [-0.3, -0.25) is 4.79 Å². The summed E-state index contributed by atoms with van der Waals surface area (Å²) in [5.74, 6) is 0.456. The minimum Gasteiger partial charge on any atom is -0.437 e. The van der Waals surface area contributed by atoms with E-state index in [0.29, 0.717) is 29.9 Å². The zero-order valence-electron chi connectivity index (χ0n) is 22.2. The predicted molar refractivity (Wildman–Crippen MR) is 160 cm³/mol. The van der Waals surface area contributed by atoms with E-state index in [4.69, 9.17) is 23.3 Å². The molecule has 210 valence electrons. The summed E-state index contributed by atoms with van der Waals surface area (Å²) >= 11 is 3.95. The first kappa shape index (κ1) is 32.0. The van der Waals surface area contributed by atoms with Gasteiger partial charge < -0.3 is 23.3 Å². The summed E-state index contributed by atoms with van der Waals surface area (Å²) in [6.07, 6.45) is 13.0. The van der Waals surface area contributed by atoms with E-state index in [1.807, 2.05) is 0 Å². The van der Waals surface area contributed by atoms with Gasteiger partial charge in [0.15, 0.2) is 12.6 Å². The molecule has 0 amide bonds. The maximum absolute atomic E-state index is 11.6. The third kappa shape index (κ3) is 8.27. The quantitative estimate of drug-likeness (QED) is 0.0965. The number of ether oxygens (including phenoxy) is 3. The van der Waals surface area contributed by atoms with Gasteiger partial charge in [0.1, 0.15) is 7.53 Å². The zero-order chi connectivity index (χ0) is 26.3. The van der Waals surface area contributed by atoms with Crippen LogP contribution in [0.15, 0.2) is 0 Å². The monoisotopic (exact) mass is 646 g/mol. The molecule has 6 nitrogen and oxygen atoms in total. The lowest BCUT2D eigenvalue weighted by atomic mass is 9.75. The molecule has 9 atom stereocenters. The summed E-state index contributed by atoms with van der Waals surface area (Å²) in [4.78, 5) is 12.0. The van der Waals surface area contributed by atoms with Gasteiger partial charge in [0, 0.05) is 39.0 Å². The highest BCUT2D eigenvalue weighted by Gasteiger charge is 2.55. The van der Waals surface area contributed by atoms with E-state index in [-0.39, 0.29) is 29.7 Å². The Hall–Kier alpha value is 1.51. The fourth-order valence-electron chi connectivity index (χ4n) is 6.14. The van der Waals surface area contributed by atoms with Crippen LogP contribution < -0.4 is 0 Å². The third-order valence-corrected chi connectivity index (χ3v) is 11.2. The van der Waals surface area contributed by atoms with Crippen LogP contribution in [0.2, 0.25) is 0 Å². The topological polar surface area (TPSA) is 63.2 Å². The molecule has 0 aromatic heterocycles. The van der Waals surface area contributed by atoms with Crippen LogP contribution in [0.1, 0.15) is 97.8 Å². The van der Waals surface area contributed by atoms with E-state index in [1.54, 1.807) is 0 Å². The molecule has 11 heteroatoms. The number of unbranched alkanes of at least 4 members (excludes halogenated alkanes) is 4. The van der Waals surface area contributed by atoms with Crippen LogP contribution in [-0.2, 0) is 28.1 Å². The Morgan fingerprint density at radius 3 is 2.47 bits per heavy atom. The van der Waals surface area contributed by atoms with Crippen molar-refractivity contribution in [2.24, 2.45) is 17.3 Å². The second-order valence-corrected chi connectivity index (χ2v) is 18.5. The largest absolute Gasteiger partial charge is 0.437 e. The standard InChI is InChI=1S/C25H47BrO6P4/c1-4-24(2,3)25(28-16-29-25)13-12-17-18-14-22(30-20(18)15-21(17)31-33)19(26)10-8-6-5-7-9-11-23(27)32-36(34)35/h17-22H,4-16,33-35H2,1-3H3. The van der Waals surface area contributed by atoms with E-state index in [2.05, 4.69) is 64.0 Å². The Morgan fingerprint density at radius 1 is 1.17 bits per heavy atom. The molecule has 1 aliphatic carbocycles. The molecule has 36 heavy (non-hydrogen) atoms. The second kappa shape index (κ2) is 14.9. The number of rotatable bonds is 16. The molecule has 3 aliphatic rings. The molecule has 3 fully saturated rings. The lowest BCUT2D eigenvalue weighted by Gasteiger charge is -2.52. The molecule has 0 aromatic rings. The van der Waals surface area contributed by atoms with Gasteiger partial charge in [0.05, 0.1) is 18.3 Å². The lowest BCUT2D eigenvalue weighted by molar-refractivity contribution is -0.439. The van der Waals surface area contributed by atoms with Gasteiger partial charge in [-0.25, -0.2) is 0 Å².